The van der Waals surface area contributed by atoms with Crippen molar-refractivity contribution in [2.45, 2.75) is 25.1 Å². The summed E-state index contributed by atoms with van der Waals surface area (Å²) >= 11 is 0. The van der Waals surface area contributed by atoms with Gasteiger partial charge in [-0.2, -0.15) is 18.4 Å². The van der Waals surface area contributed by atoms with Gasteiger partial charge in [-0.3, -0.25) is 4.79 Å². The van der Waals surface area contributed by atoms with Crippen molar-refractivity contribution < 1.29 is 18.0 Å². The highest BCUT2D eigenvalue weighted by Crippen LogP contribution is 2.32. The molecule has 0 heterocycles. The Hall–Kier alpha value is -4.94. The third kappa shape index (κ3) is 7.22. The Kier molecular flexibility index (Phi) is 8.36. The fourth-order valence-electron chi connectivity index (χ4n) is 4.57. The van der Waals surface area contributed by atoms with Gasteiger partial charge in [0.1, 0.15) is 11.4 Å². The molecule has 0 saturated heterocycles. The number of nitrogens with two attached hydrogens (primary N) is 1. The minimum atomic E-state index is -4.85. The van der Waals surface area contributed by atoms with Crippen LogP contribution in [0.15, 0.2) is 108 Å². The third-order valence-electron chi connectivity index (χ3n) is 6.97. The molecular formula is C33H28F3N5O. The van der Waals surface area contributed by atoms with E-state index in [0.717, 1.165) is 28.4 Å². The van der Waals surface area contributed by atoms with E-state index in [1.54, 1.807) is 18.2 Å². The second-order valence-electron chi connectivity index (χ2n) is 10.2. The quantitative estimate of drug-likeness (QED) is 0.191. The van der Waals surface area contributed by atoms with Crippen molar-refractivity contribution in [2.75, 3.05) is 11.9 Å². The van der Waals surface area contributed by atoms with E-state index in [4.69, 9.17) is 11.0 Å². The summed E-state index contributed by atoms with van der Waals surface area (Å²) in [5.41, 5.74) is 5.92. The van der Waals surface area contributed by atoms with E-state index < -0.39 is 23.5 Å². The van der Waals surface area contributed by atoms with Crippen LogP contribution in [0.4, 0.5) is 24.5 Å². The van der Waals surface area contributed by atoms with Crippen molar-refractivity contribution in [3.05, 3.63) is 119 Å². The van der Waals surface area contributed by atoms with E-state index in [2.05, 4.69) is 46.0 Å². The van der Waals surface area contributed by atoms with Gasteiger partial charge >= 0.3 is 6.18 Å². The lowest BCUT2D eigenvalue weighted by atomic mass is 9.95. The molecule has 0 bridgehead atoms. The number of aliphatic imine (C=N–C) groups is 1. The highest BCUT2D eigenvalue weighted by atomic mass is 19.4. The largest absolute Gasteiger partial charge is 0.430 e. The number of nitrogens with zero attached hydrogens (tertiary/aromatic N) is 2. The third-order valence-corrected chi connectivity index (χ3v) is 6.97. The summed E-state index contributed by atoms with van der Waals surface area (Å²) in [5, 5.41) is 17.7. The van der Waals surface area contributed by atoms with Crippen LogP contribution in [-0.2, 0) is 4.79 Å². The average molecular weight is 568 g/mol. The van der Waals surface area contributed by atoms with Crippen LogP contribution in [0.3, 0.4) is 0 Å². The van der Waals surface area contributed by atoms with E-state index in [1.165, 1.54) is 37.1 Å². The van der Waals surface area contributed by atoms with Gasteiger partial charge in [0, 0.05) is 5.69 Å². The zero-order valence-corrected chi connectivity index (χ0v) is 22.5. The van der Waals surface area contributed by atoms with Gasteiger partial charge in [-0.15, -0.1) is 0 Å². The number of carbonyl (C=O) groups is 1. The standard InChI is InChI=1S/C33H28F3N5O/c34-33(35,36)30(38)18-29(40-27-9-3-5-22(15-27)19-37)32(42)41-28-10-4-8-25(17-28)31(39-20-21-11-12-21)26-14-13-23-6-1-2-7-24(23)16-26/h1-10,13-18,21,31,39H,11-12,20,38H2,(H,41,42). The van der Waals surface area contributed by atoms with Crippen LogP contribution in [0, 0.1) is 17.2 Å². The Balaban J connectivity index is 1.46. The maximum atomic E-state index is 13.3. The zero-order chi connectivity index (χ0) is 29.7. The summed E-state index contributed by atoms with van der Waals surface area (Å²) < 4.78 is 39.8. The van der Waals surface area contributed by atoms with Crippen LogP contribution in [0.5, 0.6) is 0 Å². The predicted molar refractivity (Wildman–Crippen MR) is 158 cm³/mol. The number of rotatable bonds is 9. The number of alkyl halides is 3. The first-order chi connectivity index (χ1) is 20.2. The fraction of sp³-hybridized carbons (Fsp3) is 0.182. The molecule has 4 N–H and O–H groups in total. The molecule has 1 saturated carbocycles. The number of anilines is 1. The van der Waals surface area contributed by atoms with Crippen molar-refractivity contribution >= 4 is 33.8 Å². The highest BCUT2D eigenvalue weighted by Gasteiger charge is 2.32. The molecule has 4 aromatic rings. The van der Waals surface area contributed by atoms with Gasteiger partial charge in [-0.05, 0) is 89.7 Å². The lowest BCUT2D eigenvalue weighted by Gasteiger charge is -2.21. The molecule has 5 rings (SSSR count). The van der Waals surface area contributed by atoms with Crippen LogP contribution in [-0.4, -0.2) is 24.3 Å². The van der Waals surface area contributed by atoms with Gasteiger partial charge in [-0.25, -0.2) is 4.99 Å². The minimum absolute atomic E-state index is 0.139. The molecule has 4 aromatic carbocycles. The Morgan fingerprint density at radius 2 is 1.71 bits per heavy atom. The number of nitriles is 1. The number of allylic oxidation sites excluding steroid dienone is 1. The van der Waals surface area contributed by atoms with Gasteiger partial charge in [0.15, 0.2) is 0 Å². The Labute approximate surface area is 241 Å². The van der Waals surface area contributed by atoms with E-state index in [0.29, 0.717) is 17.7 Å². The van der Waals surface area contributed by atoms with Crippen LogP contribution in [0.2, 0.25) is 0 Å². The van der Waals surface area contributed by atoms with E-state index in [-0.39, 0.29) is 17.3 Å². The number of hydrogen-bond acceptors (Lipinski definition) is 5. The fourth-order valence-corrected chi connectivity index (χ4v) is 4.57. The second-order valence-corrected chi connectivity index (χ2v) is 10.2. The second kappa shape index (κ2) is 12.3. The molecule has 0 aromatic heterocycles. The molecule has 0 aliphatic heterocycles. The SMILES string of the molecule is N#Cc1cccc(N=C(C=C(N)C(F)(F)F)C(=O)Nc2cccc(C(NCC3CC3)c3ccc4ccccc4c3)c2)c1. The van der Waals surface area contributed by atoms with Crippen LogP contribution in [0.25, 0.3) is 10.8 Å². The van der Waals surface area contributed by atoms with Crippen molar-refractivity contribution in [1.82, 2.24) is 5.32 Å². The molecule has 1 unspecified atom stereocenters. The lowest BCUT2D eigenvalue weighted by molar-refractivity contribution is -0.110. The molecule has 42 heavy (non-hydrogen) atoms. The lowest BCUT2D eigenvalue weighted by Crippen LogP contribution is -2.27. The summed E-state index contributed by atoms with van der Waals surface area (Å²) in [7, 11) is 0. The van der Waals surface area contributed by atoms with Gasteiger partial charge in [0.05, 0.1) is 23.4 Å². The zero-order valence-electron chi connectivity index (χ0n) is 22.5. The number of fused-ring (bicyclic) bond motifs is 1. The van der Waals surface area contributed by atoms with Gasteiger partial charge in [0.25, 0.3) is 5.91 Å². The van der Waals surface area contributed by atoms with Crippen molar-refractivity contribution in [1.29, 1.82) is 5.26 Å². The molecule has 1 fully saturated rings. The van der Waals surface area contributed by atoms with Gasteiger partial charge < -0.3 is 16.4 Å². The molecule has 1 aliphatic carbocycles. The van der Waals surface area contributed by atoms with Gasteiger partial charge in [-0.1, -0.05) is 54.6 Å². The van der Waals surface area contributed by atoms with Gasteiger partial charge in [0.2, 0.25) is 0 Å². The molecule has 1 aliphatic rings. The number of hydrogen-bond donors (Lipinski definition) is 3. The maximum absolute atomic E-state index is 13.3. The topological polar surface area (TPSA) is 103 Å². The van der Waals surface area contributed by atoms with Crippen LogP contribution >= 0.6 is 0 Å². The highest BCUT2D eigenvalue weighted by molar-refractivity contribution is 6.47. The van der Waals surface area contributed by atoms with E-state index in [1.807, 2.05) is 24.3 Å². The van der Waals surface area contributed by atoms with E-state index in [9.17, 15) is 18.0 Å². The van der Waals surface area contributed by atoms with Crippen LogP contribution < -0.4 is 16.4 Å². The number of halogens is 3. The molecule has 0 spiro atoms. The predicted octanol–water partition coefficient (Wildman–Crippen LogP) is 6.92. The number of benzene rings is 4. The van der Waals surface area contributed by atoms with E-state index >= 15 is 0 Å². The molecular weight excluding hydrogens is 539 g/mol. The van der Waals surface area contributed by atoms with Crippen LogP contribution in [0.1, 0.15) is 35.6 Å². The monoisotopic (exact) mass is 567 g/mol. The number of nitrogens with one attached hydrogen (secondary N) is 2. The minimum Gasteiger partial charge on any atom is -0.395 e. The summed E-state index contributed by atoms with van der Waals surface area (Å²) in [4.78, 5) is 17.4. The molecule has 9 heteroatoms. The first-order valence-electron chi connectivity index (χ1n) is 13.5. The van der Waals surface area contributed by atoms with Crippen molar-refractivity contribution in [2.24, 2.45) is 16.6 Å². The summed E-state index contributed by atoms with van der Waals surface area (Å²) in [6.45, 7) is 0.841. The summed E-state index contributed by atoms with van der Waals surface area (Å²) in [6, 6.07) is 29.2. The Morgan fingerprint density at radius 1 is 0.976 bits per heavy atom. The van der Waals surface area contributed by atoms with Crippen molar-refractivity contribution in [3.8, 4) is 6.07 Å². The molecule has 212 valence electrons. The first-order valence-corrected chi connectivity index (χ1v) is 13.5. The summed E-state index contributed by atoms with van der Waals surface area (Å²) in [5.74, 6) is -0.255. The molecule has 6 nitrogen and oxygen atoms in total. The number of carbonyl (C=O) groups excluding carboxylic acids is 1. The summed E-state index contributed by atoms with van der Waals surface area (Å²) in [6.07, 6.45) is -1.99. The molecule has 0 radical (unpaired) electrons. The Morgan fingerprint density at radius 3 is 2.45 bits per heavy atom. The molecule has 1 amide bonds. The molecule has 1 atom stereocenters. The Bertz CT molecular complexity index is 1720. The number of amides is 1. The van der Waals surface area contributed by atoms with Crippen molar-refractivity contribution in [3.63, 3.8) is 0 Å². The smallest absolute Gasteiger partial charge is 0.395 e. The first kappa shape index (κ1) is 28.6. The average Bonchev–Trinajstić information content (AvgIpc) is 3.81. The maximum Gasteiger partial charge on any atom is 0.430 e. The normalized spacial score (nSPS) is 14.8.